The lowest BCUT2D eigenvalue weighted by Gasteiger charge is -2.28. The van der Waals surface area contributed by atoms with Crippen LogP contribution < -0.4 is 4.90 Å². The van der Waals surface area contributed by atoms with Crippen LogP contribution in [0.4, 0.5) is 17.1 Å². The first-order valence-electron chi connectivity index (χ1n) is 22.2. The molecule has 304 valence electrons. The van der Waals surface area contributed by atoms with Crippen molar-refractivity contribution < 1.29 is 4.42 Å². The number of hydrogen-bond donors (Lipinski definition) is 0. The molecule has 0 saturated heterocycles. The standard InChI is InChI=1S/C62H40N2O/c1-2-18-48-41(15-1)31-32-45-39-44(35-38-49(45)48)43-16-13-17-47(40-43)63(58-27-9-6-22-53(58)55-24-14-25-56-54-23-7-12-30-61(54)65-62(55)56)46-36-33-42(34-37-46)50-19-3-8-26-57(50)64-59-28-10-4-20-51(59)52-21-5-11-29-60(52)64/h1-40H. The molecule has 0 atom stereocenters. The lowest BCUT2D eigenvalue weighted by Crippen LogP contribution is -2.11. The highest BCUT2D eigenvalue weighted by Gasteiger charge is 2.22. The molecule has 0 N–H and O–H groups in total. The van der Waals surface area contributed by atoms with Crippen LogP contribution in [0.1, 0.15) is 0 Å². The summed E-state index contributed by atoms with van der Waals surface area (Å²) < 4.78 is 9.08. The van der Waals surface area contributed by atoms with E-state index in [1.807, 2.05) is 6.07 Å². The topological polar surface area (TPSA) is 21.3 Å². The van der Waals surface area contributed by atoms with Crippen molar-refractivity contribution in [2.24, 2.45) is 0 Å². The van der Waals surface area contributed by atoms with Gasteiger partial charge in [0.05, 0.1) is 22.4 Å². The number of para-hydroxylation sites is 6. The van der Waals surface area contributed by atoms with E-state index in [1.165, 1.54) is 54.5 Å². The molecule has 0 unspecified atom stereocenters. The monoisotopic (exact) mass is 828 g/mol. The Kier molecular flexibility index (Phi) is 8.53. The first-order valence-corrected chi connectivity index (χ1v) is 22.2. The number of benzene rings is 11. The molecule has 0 spiro atoms. The highest BCUT2D eigenvalue weighted by Crippen LogP contribution is 2.46. The summed E-state index contributed by atoms with van der Waals surface area (Å²) in [7, 11) is 0. The quantitative estimate of drug-likeness (QED) is 0.149. The summed E-state index contributed by atoms with van der Waals surface area (Å²) in [5, 5.41) is 9.74. The molecule has 0 radical (unpaired) electrons. The van der Waals surface area contributed by atoms with Gasteiger partial charge in [-0.2, -0.15) is 0 Å². The summed E-state index contributed by atoms with van der Waals surface area (Å²) in [6.07, 6.45) is 0. The van der Waals surface area contributed by atoms with E-state index in [0.717, 1.165) is 66.9 Å². The van der Waals surface area contributed by atoms with Gasteiger partial charge in [-0.3, -0.25) is 0 Å². The minimum absolute atomic E-state index is 0.885. The predicted molar refractivity (Wildman–Crippen MR) is 274 cm³/mol. The Hall–Kier alpha value is -8.66. The minimum atomic E-state index is 0.885. The van der Waals surface area contributed by atoms with Crippen LogP contribution in [0.2, 0.25) is 0 Å². The summed E-state index contributed by atoms with van der Waals surface area (Å²) in [6, 6.07) is 87.7. The van der Waals surface area contributed by atoms with E-state index < -0.39 is 0 Å². The third kappa shape index (κ3) is 6.05. The van der Waals surface area contributed by atoms with E-state index in [4.69, 9.17) is 4.42 Å². The zero-order chi connectivity index (χ0) is 42.8. The number of anilines is 3. The molecule has 13 aromatic rings. The van der Waals surface area contributed by atoms with Gasteiger partial charge in [-0.05, 0) is 98.9 Å². The van der Waals surface area contributed by atoms with Crippen LogP contribution in [-0.2, 0) is 0 Å². The Bertz CT molecular complexity index is 3910. The molecule has 2 heterocycles. The van der Waals surface area contributed by atoms with Crippen LogP contribution in [0.5, 0.6) is 0 Å². The van der Waals surface area contributed by atoms with Gasteiger partial charge in [0.2, 0.25) is 0 Å². The minimum Gasteiger partial charge on any atom is -0.455 e. The highest BCUT2D eigenvalue weighted by molar-refractivity contribution is 6.12. The van der Waals surface area contributed by atoms with Crippen molar-refractivity contribution in [3.8, 4) is 39.1 Å². The summed E-state index contributed by atoms with van der Waals surface area (Å²) in [5.41, 5.74) is 15.2. The van der Waals surface area contributed by atoms with Gasteiger partial charge in [0, 0.05) is 49.6 Å². The van der Waals surface area contributed by atoms with Crippen molar-refractivity contribution in [1.29, 1.82) is 0 Å². The third-order valence-corrected chi connectivity index (χ3v) is 13.2. The number of rotatable bonds is 7. The number of furan rings is 1. The van der Waals surface area contributed by atoms with Gasteiger partial charge in [0.25, 0.3) is 0 Å². The molecule has 0 aliphatic heterocycles. The van der Waals surface area contributed by atoms with Gasteiger partial charge in [-0.1, -0.05) is 182 Å². The third-order valence-electron chi connectivity index (χ3n) is 13.2. The first kappa shape index (κ1) is 36.9. The second-order valence-electron chi connectivity index (χ2n) is 16.8. The molecule has 0 bridgehead atoms. The molecular formula is C62H40N2O. The van der Waals surface area contributed by atoms with Gasteiger partial charge in [0.1, 0.15) is 11.2 Å². The van der Waals surface area contributed by atoms with Crippen LogP contribution in [-0.4, -0.2) is 4.57 Å². The zero-order valence-electron chi connectivity index (χ0n) is 35.4. The van der Waals surface area contributed by atoms with Crippen molar-refractivity contribution >= 4 is 82.4 Å². The Morgan fingerprint density at radius 2 is 0.908 bits per heavy atom. The molecular weight excluding hydrogens is 789 g/mol. The average Bonchev–Trinajstić information content (AvgIpc) is 3.93. The van der Waals surface area contributed by atoms with Gasteiger partial charge < -0.3 is 13.9 Å². The number of fused-ring (bicyclic) bond motifs is 9. The van der Waals surface area contributed by atoms with Crippen LogP contribution in [0.25, 0.3) is 104 Å². The molecule has 13 rings (SSSR count). The Morgan fingerprint density at radius 1 is 0.323 bits per heavy atom. The van der Waals surface area contributed by atoms with Gasteiger partial charge in [-0.15, -0.1) is 0 Å². The van der Waals surface area contributed by atoms with Crippen molar-refractivity contribution in [3.63, 3.8) is 0 Å². The van der Waals surface area contributed by atoms with E-state index in [9.17, 15) is 0 Å². The zero-order valence-corrected chi connectivity index (χ0v) is 35.4. The Labute approximate surface area is 376 Å². The summed E-state index contributed by atoms with van der Waals surface area (Å²) in [4.78, 5) is 2.40. The molecule has 2 aromatic heterocycles. The van der Waals surface area contributed by atoms with Crippen LogP contribution in [0.15, 0.2) is 247 Å². The second kappa shape index (κ2) is 15.0. The van der Waals surface area contributed by atoms with E-state index in [1.54, 1.807) is 0 Å². The molecule has 11 aromatic carbocycles. The molecule has 3 heteroatoms. The van der Waals surface area contributed by atoms with Gasteiger partial charge in [-0.25, -0.2) is 0 Å². The smallest absolute Gasteiger partial charge is 0.143 e. The molecule has 3 nitrogen and oxygen atoms in total. The fraction of sp³-hybridized carbons (Fsp3) is 0. The second-order valence-corrected chi connectivity index (χ2v) is 16.8. The fourth-order valence-electron chi connectivity index (χ4n) is 10.2. The van der Waals surface area contributed by atoms with Crippen molar-refractivity contribution in [2.45, 2.75) is 0 Å². The normalized spacial score (nSPS) is 11.7. The summed E-state index contributed by atoms with van der Waals surface area (Å²) in [6.45, 7) is 0. The molecule has 0 aliphatic carbocycles. The maximum atomic E-state index is 6.66. The molecule has 0 fully saturated rings. The van der Waals surface area contributed by atoms with Crippen molar-refractivity contribution in [1.82, 2.24) is 4.57 Å². The van der Waals surface area contributed by atoms with Gasteiger partial charge >= 0.3 is 0 Å². The molecule has 0 amide bonds. The van der Waals surface area contributed by atoms with E-state index in [-0.39, 0.29) is 0 Å². The molecule has 0 saturated carbocycles. The number of aromatic nitrogens is 1. The number of hydrogen-bond acceptors (Lipinski definition) is 2. The van der Waals surface area contributed by atoms with Crippen molar-refractivity contribution in [2.75, 3.05) is 4.90 Å². The molecule has 65 heavy (non-hydrogen) atoms. The SMILES string of the molecule is c1cc(-c2ccc3c(ccc4ccccc43)c2)cc(N(c2ccc(-c3ccccc3-n3c4ccccc4c4ccccc43)cc2)c2ccccc2-c2cccc3c2oc2ccccc23)c1. The Balaban J connectivity index is 0.977. The fourth-order valence-corrected chi connectivity index (χ4v) is 10.2. The maximum Gasteiger partial charge on any atom is 0.143 e. The van der Waals surface area contributed by atoms with Crippen LogP contribution in [0.3, 0.4) is 0 Å². The van der Waals surface area contributed by atoms with Crippen LogP contribution >= 0.6 is 0 Å². The first-order chi connectivity index (χ1) is 32.2. The van der Waals surface area contributed by atoms with E-state index >= 15 is 0 Å². The van der Waals surface area contributed by atoms with Gasteiger partial charge in [0.15, 0.2) is 0 Å². The highest BCUT2D eigenvalue weighted by atomic mass is 16.3. The molecule has 0 aliphatic rings. The predicted octanol–water partition coefficient (Wildman–Crippen LogP) is 17.5. The largest absolute Gasteiger partial charge is 0.455 e. The van der Waals surface area contributed by atoms with Crippen LogP contribution in [0, 0.1) is 0 Å². The number of nitrogens with zero attached hydrogens (tertiary/aromatic N) is 2. The Morgan fingerprint density at radius 3 is 1.74 bits per heavy atom. The summed E-state index contributed by atoms with van der Waals surface area (Å²) >= 11 is 0. The van der Waals surface area contributed by atoms with Crippen molar-refractivity contribution in [3.05, 3.63) is 243 Å². The maximum absolute atomic E-state index is 6.66. The lowest BCUT2D eigenvalue weighted by atomic mass is 9.96. The van der Waals surface area contributed by atoms with E-state index in [0.29, 0.717) is 0 Å². The van der Waals surface area contributed by atoms with E-state index in [2.05, 4.69) is 246 Å². The lowest BCUT2D eigenvalue weighted by molar-refractivity contribution is 0.670. The summed E-state index contributed by atoms with van der Waals surface area (Å²) in [5.74, 6) is 0. The average molecular weight is 829 g/mol.